The van der Waals surface area contributed by atoms with Gasteiger partial charge in [-0.2, -0.15) is 0 Å². The third-order valence-corrected chi connectivity index (χ3v) is 4.75. The molecule has 0 aliphatic heterocycles. The smallest absolute Gasteiger partial charge is 0.238 e. The summed E-state index contributed by atoms with van der Waals surface area (Å²) in [6.07, 6.45) is 1.02. The highest BCUT2D eigenvalue weighted by atomic mass is 32.2. The highest BCUT2D eigenvalue weighted by Gasteiger charge is 2.07. The largest absolute Gasteiger partial charge is 0.380 e. The van der Waals surface area contributed by atoms with Crippen LogP contribution in [0, 0.1) is 0 Å². The van der Waals surface area contributed by atoms with Crippen molar-refractivity contribution in [3.63, 3.8) is 0 Å². The minimum atomic E-state index is -3.61. The molecule has 0 radical (unpaired) electrons. The first-order valence-corrected chi connectivity index (χ1v) is 8.35. The molecule has 1 aromatic heterocycles. The van der Waals surface area contributed by atoms with Crippen LogP contribution in [-0.4, -0.2) is 8.42 Å². The number of anilines is 1. The zero-order chi connectivity index (χ0) is 13.9. The molecule has 1 aromatic carbocycles. The Morgan fingerprint density at radius 1 is 1.21 bits per heavy atom. The maximum atomic E-state index is 11.1. The molecule has 0 amide bonds. The van der Waals surface area contributed by atoms with Gasteiger partial charge in [0.1, 0.15) is 0 Å². The summed E-state index contributed by atoms with van der Waals surface area (Å²) in [4.78, 5) is 1.43. The van der Waals surface area contributed by atoms with Gasteiger partial charge in [-0.25, -0.2) is 13.6 Å². The number of thiophene rings is 1. The van der Waals surface area contributed by atoms with E-state index in [0.29, 0.717) is 0 Å². The fourth-order valence-electron chi connectivity index (χ4n) is 1.78. The fourth-order valence-corrected chi connectivity index (χ4v) is 3.21. The lowest BCUT2D eigenvalue weighted by atomic mass is 10.2. The van der Waals surface area contributed by atoms with E-state index in [2.05, 4.69) is 23.7 Å². The molecular weight excluding hydrogens is 280 g/mol. The van der Waals surface area contributed by atoms with Crippen LogP contribution in [0.4, 0.5) is 5.69 Å². The van der Waals surface area contributed by atoms with E-state index >= 15 is 0 Å². The quantitative estimate of drug-likeness (QED) is 0.890. The molecule has 3 N–H and O–H groups in total. The zero-order valence-electron chi connectivity index (χ0n) is 10.6. The molecule has 0 fully saturated rings. The molecule has 0 aliphatic carbocycles. The number of nitrogens with one attached hydrogen (secondary N) is 1. The molecule has 0 bridgehead atoms. The van der Waals surface area contributed by atoms with Gasteiger partial charge >= 0.3 is 0 Å². The zero-order valence-corrected chi connectivity index (χ0v) is 12.2. The van der Waals surface area contributed by atoms with Gasteiger partial charge in [-0.05, 0) is 47.7 Å². The molecule has 0 saturated heterocycles. The number of sulfonamides is 1. The minimum absolute atomic E-state index is 0.128. The van der Waals surface area contributed by atoms with Gasteiger partial charge in [0.2, 0.25) is 10.0 Å². The molecule has 2 aromatic rings. The molecule has 0 unspecified atom stereocenters. The highest BCUT2D eigenvalue weighted by molar-refractivity contribution is 7.89. The summed E-state index contributed by atoms with van der Waals surface area (Å²) in [5.74, 6) is 0. The average molecular weight is 296 g/mol. The molecule has 0 spiro atoms. The summed E-state index contributed by atoms with van der Waals surface area (Å²) in [5.41, 5.74) is 2.22. The fraction of sp³-hybridized carbons (Fsp3) is 0.231. The van der Waals surface area contributed by atoms with Crippen LogP contribution < -0.4 is 10.5 Å². The van der Waals surface area contributed by atoms with Crippen molar-refractivity contribution in [2.45, 2.75) is 24.8 Å². The van der Waals surface area contributed by atoms with Crippen molar-refractivity contribution in [2.24, 2.45) is 5.14 Å². The van der Waals surface area contributed by atoms with Crippen molar-refractivity contribution in [3.05, 3.63) is 46.2 Å². The van der Waals surface area contributed by atoms with Crippen molar-refractivity contribution in [3.8, 4) is 0 Å². The Morgan fingerprint density at radius 3 is 2.47 bits per heavy atom. The second-order valence-electron chi connectivity index (χ2n) is 4.15. The maximum Gasteiger partial charge on any atom is 0.238 e. The van der Waals surface area contributed by atoms with Gasteiger partial charge in [0, 0.05) is 17.1 Å². The number of nitrogens with two attached hydrogens (primary N) is 1. The van der Waals surface area contributed by atoms with Crippen molar-refractivity contribution in [1.82, 2.24) is 0 Å². The third-order valence-electron chi connectivity index (χ3n) is 2.85. The Hall–Kier alpha value is -1.37. The second-order valence-corrected chi connectivity index (χ2v) is 6.71. The van der Waals surface area contributed by atoms with Gasteiger partial charge in [0.25, 0.3) is 0 Å². The lowest BCUT2D eigenvalue weighted by Gasteiger charge is -2.07. The monoisotopic (exact) mass is 296 g/mol. The Labute approximate surface area is 117 Å². The molecule has 0 saturated carbocycles. The molecule has 19 heavy (non-hydrogen) atoms. The van der Waals surface area contributed by atoms with Crippen molar-refractivity contribution >= 4 is 27.0 Å². The first kappa shape index (κ1) is 14.0. The molecule has 4 nitrogen and oxygen atoms in total. The Balaban J connectivity index is 2.05. The van der Waals surface area contributed by atoms with Gasteiger partial charge in [0.15, 0.2) is 0 Å². The van der Waals surface area contributed by atoms with Crippen LogP contribution in [-0.2, 0) is 23.0 Å². The second kappa shape index (κ2) is 5.73. The maximum absolute atomic E-state index is 11.1. The van der Waals surface area contributed by atoms with Crippen molar-refractivity contribution in [1.29, 1.82) is 0 Å². The van der Waals surface area contributed by atoms with E-state index in [0.717, 1.165) is 18.7 Å². The summed E-state index contributed by atoms with van der Waals surface area (Å²) in [5, 5.41) is 10.4. The predicted octanol–water partition coefficient (Wildman–Crippen LogP) is 2.57. The van der Waals surface area contributed by atoms with Crippen LogP contribution in [0.5, 0.6) is 0 Å². The minimum Gasteiger partial charge on any atom is -0.380 e. The van der Waals surface area contributed by atoms with Crippen molar-refractivity contribution in [2.75, 3.05) is 5.32 Å². The number of hydrogen-bond acceptors (Lipinski definition) is 4. The number of hydrogen-bond donors (Lipinski definition) is 2. The van der Waals surface area contributed by atoms with E-state index in [1.54, 1.807) is 23.5 Å². The summed E-state index contributed by atoms with van der Waals surface area (Å²) >= 11 is 1.72. The lowest BCUT2D eigenvalue weighted by molar-refractivity contribution is 0.598. The summed E-state index contributed by atoms with van der Waals surface area (Å²) in [7, 11) is -3.61. The van der Waals surface area contributed by atoms with Gasteiger partial charge in [-0.3, -0.25) is 0 Å². The van der Waals surface area contributed by atoms with Crippen LogP contribution >= 0.6 is 11.3 Å². The van der Waals surface area contributed by atoms with E-state index in [9.17, 15) is 8.42 Å². The standard InChI is InChI=1S/C13H16N2O2S2/c1-2-10-7-8-18-13(10)9-15-11-3-5-12(6-4-11)19(14,16)17/h3-8,15H,2,9H2,1H3,(H2,14,16,17). The Morgan fingerprint density at radius 2 is 1.89 bits per heavy atom. The van der Waals surface area contributed by atoms with E-state index in [4.69, 9.17) is 5.14 Å². The molecule has 102 valence electrons. The third kappa shape index (κ3) is 3.56. The topological polar surface area (TPSA) is 72.2 Å². The molecule has 0 aliphatic rings. The summed E-state index contributed by atoms with van der Waals surface area (Å²) in [6.45, 7) is 2.88. The number of primary sulfonamides is 1. The summed E-state index contributed by atoms with van der Waals surface area (Å²) in [6, 6.07) is 8.59. The van der Waals surface area contributed by atoms with Crippen molar-refractivity contribution < 1.29 is 8.42 Å². The number of benzene rings is 1. The molecule has 6 heteroatoms. The van der Waals surface area contributed by atoms with Crippen LogP contribution in [0.2, 0.25) is 0 Å². The van der Waals surface area contributed by atoms with E-state index in [1.165, 1.54) is 22.6 Å². The molecule has 1 heterocycles. The van der Waals surface area contributed by atoms with Gasteiger partial charge in [-0.15, -0.1) is 11.3 Å². The molecule has 0 atom stereocenters. The van der Waals surface area contributed by atoms with Crippen LogP contribution in [0.3, 0.4) is 0 Å². The van der Waals surface area contributed by atoms with Crippen LogP contribution in [0.15, 0.2) is 40.6 Å². The van der Waals surface area contributed by atoms with E-state index < -0.39 is 10.0 Å². The SMILES string of the molecule is CCc1ccsc1CNc1ccc(S(N)(=O)=O)cc1. The first-order chi connectivity index (χ1) is 9.00. The molecule has 2 rings (SSSR count). The predicted molar refractivity (Wildman–Crippen MR) is 78.8 cm³/mol. The van der Waals surface area contributed by atoms with E-state index in [1.807, 2.05) is 0 Å². The van der Waals surface area contributed by atoms with Crippen LogP contribution in [0.25, 0.3) is 0 Å². The number of rotatable bonds is 5. The van der Waals surface area contributed by atoms with Gasteiger partial charge < -0.3 is 5.32 Å². The van der Waals surface area contributed by atoms with Gasteiger partial charge in [0.05, 0.1) is 4.90 Å². The van der Waals surface area contributed by atoms with Crippen LogP contribution in [0.1, 0.15) is 17.4 Å². The van der Waals surface area contributed by atoms with E-state index in [-0.39, 0.29) is 4.90 Å². The number of aryl methyl sites for hydroxylation is 1. The summed E-state index contributed by atoms with van der Waals surface area (Å²) < 4.78 is 22.3. The Bertz CT molecular complexity index is 646. The Kier molecular flexibility index (Phi) is 4.24. The van der Waals surface area contributed by atoms with Gasteiger partial charge in [-0.1, -0.05) is 6.92 Å². The lowest BCUT2D eigenvalue weighted by Crippen LogP contribution is -2.12. The first-order valence-electron chi connectivity index (χ1n) is 5.92. The normalized spacial score (nSPS) is 11.5. The highest BCUT2D eigenvalue weighted by Crippen LogP contribution is 2.20. The average Bonchev–Trinajstić information content (AvgIpc) is 2.83. The molecular formula is C13H16N2O2S2.